The number of nitrogens with zero attached hydrogens (tertiary/aromatic N) is 1. The van der Waals surface area contributed by atoms with Gasteiger partial charge in [0.15, 0.2) is 0 Å². The van der Waals surface area contributed by atoms with Crippen LogP contribution >= 0.6 is 0 Å². The Balaban J connectivity index is 1.50. The lowest BCUT2D eigenvalue weighted by atomic mass is 10.1. The van der Waals surface area contributed by atoms with Crippen molar-refractivity contribution in [3.63, 3.8) is 0 Å². The summed E-state index contributed by atoms with van der Waals surface area (Å²) >= 11 is 0. The quantitative estimate of drug-likeness (QED) is 0.605. The first-order chi connectivity index (χ1) is 13.7. The van der Waals surface area contributed by atoms with E-state index in [0.29, 0.717) is 25.7 Å². The highest BCUT2D eigenvalue weighted by atomic mass is 16.5. The Bertz CT molecular complexity index is 760. The third kappa shape index (κ3) is 5.99. The summed E-state index contributed by atoms with van der Waals surface area (Å²) in [6, 6.07) is 16.7. The third-order valence-electron chi connectivity index (χ3n) is 5.08. The smallest absolute Gasteiger partial charge is 0.234 e. The predicted octanol–water partition coefficient (Wildman–Crippen LogP) is 3.42. The van der Waals surface area contributed by atoms with E-state index < -0.39 is 0 Å². The number of hydrogen-bond acceptors (Lipinski definition) is 4. The lowest BCUT2D eigenvalue weighted by molar-refractivity contribution is -0.122. The number of ether oxygens (including phenoxy) is 2. The Morgan fingerprint density at radius 1 is 1.11 bits per heavy atom. The van der Waals surface area contributed by atoms with Gasteiger partial charge in [0.25, 0.3) is 0 Å². The van der Waals surface area contributed by atoms with Crippen LogP contribution in [-0.4, -0.2) is 44.2 Å². The third-order valence-corrected chi connectivity index (χ3v) is 5.08. The maximum atomic E-state index is 12.5. The minimum atomic E-state index is 0.0850. The fourth-order valence-corrected chi connectivity index (χ4v) is 3.38. The van der Waals surface area contributed by atoms with Crippen LogP contribution in [0.2, 0.25) is 0 Å². The molecule has 1 N–H and O–H groups in total. The van der Waals surface area contributed by atoms with Crippen LogP contribution in [0.1, 0.15) is 30.4 Å². The van der Waals surface area contributed by atoms with Crippen molar-refractivity contribution < 1.29 is 14.3 Å². The Kier molecular flexibility index (Phi) is 7.31. The molecule has 0 bridgehead atoms. The molecule has 0 aliphatic heterocycles. The fourth-order valence-electron chi connectivity index (χ4n) is 3.38. The highest BCUT2D eigenvalue weighted by molar-refractivity contribution is 5.78. The van der Waals surface area contributed by atoms with Crippen molar-refractivity contribution >= 4 is 5.91 Å². The average Bonchev–Trinajstić information content (AvgIpc) is 3.57. The molecule has 0 heterocycles. The maximum absolute atomic E-state index is 12.5. The number of carbonyl (C=O) groups excluding carboxylic acids is 1. The summed E-state index contributed by atoms with van der Waals surface area (Å²) in [6.45, 7) is 1.80. The van der Waals surface area contributed by atoms with Gasteiger partial charge in [-0.05, 0) is 49.4 Å². The van der Waals surface area contributed by atoms with Crippen LogP contribution < -0.4 is 14.8 Å². The first kappa shape index (κ1) is 20.2. The average molecular weight is 383 g/mol. The van der Waals surface area contributed by atoms with Crippen LogP contribution in [0.4, 0.5) is 0 Å². The number of rotatable bonds is 11. The topological polar surface area (TPSA) is 50.8 Å². The summed E-state index contributed by atoms with van der Waals surface area (Å²) in [5.41, 5.74) is 2.35. The van der Waals surface area contributed by atoms with Gasteiger partial charge in [0.2, 0.25) is 5.91 Å². The number of nitrogens with one attached hydrogen (secondary N) is 1. The van der Waals surface area contributed by atoms with E-state index in [4.69, 9.17) is 9.47 Å². The van der Waals surface area contributed by atoms with Gasteiger partial charge in [-0.1, -0.05) is 30.3 Å². The lowest BCUT2D eigenvalue weighted by Crippen LogP contribution is -2.38. The first-order valence-electron chi connectivity index (χ1n) is 9.95. The van der Waals surface area contributed by atoms with Crippen LogP contribution in [0.15, 0.2) is 48.5 Å². The zero-order valence-corrected chi connectivity index (χ0v) is 16.8. The lowest BCUT2D eigenvalue weighted by Gasteiger charge is -2.23. The molecule has 0 aromatic heterocycles. The van der Waals surface area contributed by atoms with Crippen molar-refractivity contribution in [2.45, 2.75) is 38.3 Å². The van der Waals surface area contributed by atoms with Gasteiger partial charge in [-0.2, -0.15) is 0 Å². The molecule has 1 fully saturated rings. The summed E-state index contributed by atoms with van der Waals surface area (Å²) in [5.74, 6) is 1.72. The second-order valence-corrected chi connectivity index (χ2v) is 7.25. The summed E-state index contributed by atoms with van der Waals surface area (Å²) in [4.78, 5) is 14.7. The second kappa shape index (κ2) is 10.1. The molecule has 2 aromatic rings. The highest BCUT2D eigenvalue weighted by Crippen LogP contribution is 2.31. The molecule has 1 aliphatic rings. The second-order valence-electron chi connectivity index (χ2n) is 7.25. The Hall–Kier alpha value is -2.53. The molecular weight excluding hydrogens is 352 g/mol. The van der Waals surface area contributed by atoms with Gasteiger partial charge in [0, 0.05) is 24.7 Å². The Morgan fingerprint density at radius 3 is 2.57 bits per heavy atom. The van der Waals surface area contributed by atoms with E-state index in [-0.39, 0.29) is 5.91 Å². The molecule has 150 valence electrons. The molecule has 1 amide bonds. The molecule has 5 heteroatoms. The molecule has 2 aromatic carbocycles. The molecule has 5 nitrogen and oxygen atoms in total. The monoisotopic (exact) mass is 382 g/mol. The molecule has 0 spiro atoms. The summed E-state index contributed by atoms with van der Waals surface area (Å²) < 4.78 is 10.8. The number of hydrogen-bond donors (Lipinski definition) is 1. The summed E-state index contributed by atoms with van der Waals surface area (Å²) in [7, 11) is 3.33. The van der Waals surface area contributed by atoms with Gasteiger partial charge >= 0.3 is 0 Å². The Labute approximate surface area is 167 Å². The van der Waals surface area contributed by atoms with Crippen molar-refractivity contribution in [1.82, 2.24) is 10.2 Å². The van der Waals surface area contributed by atoms with E-state index in [1.165, 1.54) is 5.56 Å². The number of aryl methyl sites for hydroxylation is 1. The number of benzene rings is 2. The van der Waals surface area contributed by atoms with Crippen molar-refractivity contribution in [3.8, 4) is 11.5 Å². The van der Waals surface area contributed by atoms with E-state index in [9.17, 15) is 4.79 Å². The molecule has 0 unspecified atom stereocenters. The molecule has 0 atom stereocenters. The maximum Gasteiger partial charge on any atom is 0.234 e. The largest absolute Gasteiger partial charge is 0.497 e. The van der Waals surface area contributed by atoms with E-state index in [1.54, 1.807) is 14.2 Å². The minimum absolute atomic E-state index is 0.0850. The van der Waals surface area contributed by atoms with E-state index in [2.05, 4.69) is 22.3 Å². The molecule has 0 radical (unpaired) electrons. The van der Waals surface area contributed by atoms with Crippen molar-refractivity contribution in [1.29, 1.82) is 0 Å². The summed E-state index contributed by atoms with van der Waals surface area (Å²) in [5, 5.41) is 3.07. The number of methoxy groups -OCH3 is 2. The van der Waals surface area contributed by atoms with Crippen LogP contribution in [0.3, 0.4) is 0 Å². The van der Waals surface area contributed by atoms with Crippen molar-refractivity contribution in [2.75, 3.05) is 27.3 Å². The van der Waals surface area contributed by atoms with Gasteiger partial charge in [0.1, 0.15) is 11.5 Å². The van der Waals surface area contributed by atoms with Crippen LogP contribution in [-0.2, 0) is 17.8 Å². The number of carbonyl (C=O) groups is 1. The molecule has 0 saturated heterocycles. The van der Waals surface area contributed by atoms with Crippen LogP contribution in [0, 0.1) is 0 Å². The molecule has 1 saturated carbocycles. The van der Waals surface area contributed by atoms with Crippen LogP contribution in [0.5, 0.6) is 11.5 Å². The Morgan fingerprint density at radius 2 is 1.89 bits per heavy atom. The van der Waals surface area contributed by atoms with Gasteiger partial charge in [0.05, 0.1) is 20.8 Å². The first-order valence-corrected chi connectivity index (χ1v) is 9.95. The van der Waals surface area contributed by atoms with Gasteiger partial charge in [-0.25, -0.2) is 0 Å². The van der Waals surface area contributed by atoms with Crippen molar-refractivity contribution in [3.05, 3.63) is 59.7 Å². The minimum Gasteiger partial charge on any atom is -0.497 e. The number of amides is 1. The zero-order chi connectivity index (χ0) is 19.8. The van der Waals surface area contributed by atoms with E-state index >= 15 is 0 Å². The standard InChI is InChI=1S/C23H30N2O3/c1-27-21-12-13-22(28-2)19(15-21)16-25(20-10-11-20)17-23(26)24-14-6-9-18-7-4-3-5-8-18/h3-5,7-8,12-13,15,20H,6,9-11,14,16-17H2,1-2H3,(H,24,26). The van der Waals surface area contributed by atoms with Gasteiger partial charge < -0.3 is 14.8 Å². The normalized spacial score (nSPS) is 13.4. The van der Waals surface area contributed by atoms with E-state index in [0.717, 1.165) is 42.7 Å². The molecule has 1 aliphatic carbocycles. The fraction of sp³-hybridized carbons (Fsp3) is 0.435. The molecule has 3 rings (SSSR count). The highest BCUT2D eigenvalue weighted by Gasteiger charge is 2.30. The van der Waals surface area contributed by atoms with E-state index in [1.807, 2.05) is 36.4 Å². The predicted molar refractivity (Wildman–Crippen MR) is 111 cm³/mol. The van der Waals surface area contributed by atoms with Gasteiger partial charge in [-0.15, -0.1) is 0 Å². The van der Waals surface area contributed by atoms with Crippen LogP contribution in [0.25, 0.3) is 0 Å². The summed E-state index contributed by atoms with van der Waals surface area (Å²) in [6.07, 6.45) is 4.22. The SMILES string of the molecule is COc1ccc(OC)c(CN(CC(=O)NCCCc2ccccc2)C2CC2)c1. The zero-order valence-electron chi connectivity index (χ0n) is 16.8. The molecular formula is C23H30N2O3. The molecule has 28 heavy (non-hydrogen) atoms. The van der Waals surface area contributed by atoms with Crippen molar-refractivity contribution in [2.24, 2.45) is 0 Å². The van der Waals surface area contributed by atoms with Gasteiger partial charge in [-0.3, -0.25) is 9.69 Å².